The van der Waals surface area contributed by atoms with E-state index < -0.39 is 5.56 Å². The topological polar surface area (TPSA) is 66.0 Å². The van der Waals surface area contributed by atoms with Gasteiger partial charge in [0.25, 0.3) is 5.56 Å². The lowest BCUT2D eigenvalue weighted by Gasteiger charge is -2.10. The Morgan fingerprint density at radius 2 is 2.00 bits per heavy atom. The lowest BCUT2D eigenvalue weighted by Crippen LogP contribution is -2.24. The first kappa shape index (κ1) is 11.9. The molecule has 0 atom stereocenters. The van der Waals surface area contributed by atoms with Gasteiger partial charge in [0.2, 0.25) is 0 Å². The highest BCUT2D eigenvalue weighted by molar-refractivity contribution is 5.38. The van der Waals surface area contributed by atoms with Crippen molar-refractivity contribution in [3.05, 3.63) is 63.4 Å². The van der Waals surface area contributed by atoms with Crippen LogP contribution in [-0.2, 0) is 6.54 Å². The SMILES string of the molecule is Cc1cc(O)n(Cc2ccccc2)c(=O)c1C#N. The molecule has 1 heterocycles. The highest BCUT2D eigenvalue weighted by Gasteiger charge is 2.11. The van der Waals surface area contributed by atoms with Gasteiger partial charge in [-0.2, -0.15) is 5.26 Å². The second-order valence-corrected chi connectivity index (χ2v) is 4.05. The molecule has 0 saturated carbocycles. The fraction of sp³-hybridized carbons (Fsp3) is 0.143. The molecule has 0 unspecified atom stereocenters. The van der Waals surface area contributed by atoms with E-state index in [-0.39, 0.29) is 18.0 Å². The summed E-state index contributed by atoms with van der Waals surface area (Å²) in [4.78, 5) is 12.0. The number of rotatable bonds is 2. The molecule has 1 N–H and O–H groups in total. The molecule has 0 fully saturated rings. The molecule has 4 heteroatoms. The van der Waals surface area contributed by atoms with Crippen molar-refractivity contribution < 1.29 is 5.11 Å². The molecule has 0 spiro atoms. The van der Waals surface area contributed by atoms with Crippen LogP contribution in [0.2, 0.25) is 0 Å². The van der Waals surface area contributed by atoms with Crippen molar-refractivity contribution in [1.82, 2.24) is 4.57 Å². The predicted octanol–water partition coefficient (Wildman–Crippen LogP) is 1.78. The molecule has 0 aliphatic rings. The van der Waals surface area contributed by atoms with Gasteiger partial charge in [-0.05, 0) is 18.1 Å². The van der Waals surface area contributed by atoms with Crippen molar-refractivity contribution in [2.45, 2.75) is 13.5 Å². The van der Waals surface area contributed by atoms with E-state index in [0.717, 1.165) is 5.56 Å². The van der Waals surface area contributed by atoms with Crippen LogP contribution >= 0.6 is 0 Å². The van der Waals surface area contributed by atoms with Crippen molar-refractivity contribution in [2.75, 3.05) is 0 Å². The maximum atomic E-state index is 12.0. The molecule has 0 aliphatic heterocycles. The van der Waals surface area contributed by atoms with Crippen LogP contribution in [0.25, 0.3) is 0 Å². The fourth-order valence-electron chi connectivity index (χ4n) is 1.81. The summed E-state index contributed by atoms with van der Waals surface area (Å²) in [6, 6.07) is 12.6. The van der Waals surface area contributed by atoms with Crippen LogP contribution in [0.1, 0.15) is 16.7 Å². The highest BCUT2D eigenvalue weighted by Crippen LogP contribution is 2.13. The summed E-state index contributed by atoms with van der Waals surface area (Å²) in [6.45, 7) is 1.88. The van der Waals surface area contributed by atoms with Crippen molar-refractivity contribution in [3.8, 4) is 11.9 Å². The summed E-state index contributed by atoms with van der Waals surface area (Å²) in [5.41, 5.74) is 0.995. The molecule has 0 bridgehead atoms. The molecule has 0 saturated heterocycles. The zero-order valence-corrected chi connectivity index (χ0v) is 9.92. The average Bonchev–Trinajstić information content (AvgIpc) is 2.36. The third-order valence-corrected chi connectivity index (χ3v) is 2.77. The van der Waals surface area contributed by atoms with Gasteiger partial charge >= 0.3 is 0 Å². The Morgan fingerprint density at radius 3 is 2.61 bits per heavy atom. The Labute approximate surface area is 104 Å². The van der Waals surface area contributed by atoms with Gasteiger partial charge in [0.1, 0.15) is 11.6 Å². The number of benzene rings is 1. The van der Waals surface area contributed by atoms with Gasteiger partial charge < -0.3 is 5.11 Å². The van der Waals surface area contributed by atoms with Gasteiger partial charge in [0.15, 0.2) is 5.88 Å². The van der Waals surface area contributed by atoms with E-state index in [0.29, 0.717) is 5.56 Å². The summed E-state index contributed by atoms with van der Waals surface area (Å²) >= 11 is 0. The third-order valence-electron chi connectivity index (χ3n) is 2.77. The van der Waals surface area contributed by atoms with E-state index in [4.69, 9.17) is 5.26 Å². The second kappa shape index (κ2) is 4.76. The first-order valence-corrected chi connectivity index (χ1v) is 5.51. The van der Waals surface area contributed by atoms with E-state index in [1.165, 1.54) is 10.6 Å². The lowest BCUT2D eigenvalue weighted by atomic mass is 10.1. The number of pyridine rings is 1. The number of nitrogens with zero attached hydrogens (tertiary/aromatic N) is 2. The zero-order chi connectivity index (χ0) is 13.1. The molecular formula is C14H12N2O2. The minimum absolute atomic E-state index is 0.0729. The lowest BCUT2D eigenvalue weighted by molar-refractivity contribution is 0.414. The zero-order valence-electron chi connectivity index (χ0n) is 9.92. The van der Waals surface area contributed by atoms with Crippen molar-refractivity contribution in [1.29, 1.82) is 5.26 Å². The first-order valence-electron chi connectivity index (χ1n) is 5.51. The van der Waals surface area contributed by atoms with Gasteiger partial charge in [-0.3, -0.25) is 9.36 Å². The van der Waals surface area contributed by atoms with E-state index in [1.807, 2.05) is 36.4 Å². The average molecular weight is 240 g/mol. The molecule has 0 radical (unpaired) electrons. The molecule has 18 heavy (non-hydrogen) atoms. The van der Waals surface area contributed by atoms with Gasteiger partial charge in [-0.25, -0.2) is 0 Å². The maximum Gasteiger partial charge on any atom is 0.271 e. The standard InChI is InChI=1S/C14H12N2O2/c1-10-7-13(17)16(14(18)12(10)8-15)9-11-5-3-2-4-6-11/h2-7,17H,9H2,1H3. The van der Waals surface area contributed by atoms with Gasteiger partial charge in [-0.15, -0.1) is 0 Å². The van der Waals surface area contributed by atoms with E-state index in [1.54, 1.807) is 6.92 Å². The number of hydrogen-bond acceptors (Lipinski definition) is 3. The second-order valence-electron chi connectivity index (χ2n) is 4.05. The van der Waals surface area contributed by atoms with Gasteiger partial charge in [0.05, 0.1) is 6.54 Å². The largest absolute Gasteiger partial charge is 0.494 e. The highest BCUT2D eigenvalue weighted by atomic mass is 16.3. The Morgan fingerprint density at radius 1 is 1.33 bits per heavy atom. The number of aryl methyl sites for hydroxylation is 1. The quantitative estimate of drug-likeness (QED) is 0.870. The van der Waals surface area contributed by atoms with Crippen LogP contribution in [-0.4, -0.2) is 9.67 Å². The molecule has 90 valence electrons. The molecule has 0 amide bonds. The Hall–Kier alpha value is -2.54. The summed E-state index contributed by atoms with van der Waals surface area (Å²) in [5, 5.41) is 18.7. The van der Waals surface area contributed by atoms with Gasteiger partial charge in [0, 0.05) is 6.07 Å². The molecule has 2 rings (SSSR count). The normalized spacial score (nSPS) is 10.0. The van der Waals surface area contributed by atoms with Crippen molar-refractivity contribution in [3.63, 3.8) is 0 Å². The summed E-state index contributed by atoms with van der Waals surface area (Å²) in [7, 11) is 0. The molecule has 1 aromatic carbocycles. The van der Waals surface area contributed by atoms with E-state index in [9.17, 15) is 9.90 Å². The Balaban J connectivity index is 2.53. The summed E-state index contributed by atoms with van der Waals surface area (Å²) < 4.78 is 1.20. The summed E-state index contributed by atoms with van der Waals surface area (Å²) in [5.74, 6) is -0.125. The van der Waals surface area contributed by atoms with Crippen LogP contribution < -0.4 is 5.56 Å². The number of aromatic nitrogens is 1. The summed E-state index contributed by atoms with van der Waals surface area (Å²) in [6.07, 6.45) is 0. The fourth-order valence-corrected chi connectivity index (χ4v) is 1.81. The molecule has 0 aliphatic carbocycles. The van der Waals surface area contributed by atoms with Crippen LogP contribution in [0.3, 0.4) is 0 Å². The van der Waals surface area contributed by atoms with Crippen molar-refractivity contribution >= 4 is 0 Å². The minimum Gasteiger partial charge on any atom is -0.494 e. The van der Waals surface area contributed by atoms with Crippen LogP contribution in [0, 0.1) is 18.3 Å². The third kappa shape index (κ3) is 2.11. The smallest absolute Gasteiger partial charge is 0.271 e. The van der Waals surface area contributed by atoms with E-state index >= 15 is 0 Å². The number of aromatic hydroxyl groups is 1. The van der Waals surface area contributed by atoms with Crippen molar-refractivity contribution in [2.24, 2.45) is 0 Å². The van der Waals surface area contributed by atoms with E-state index in [2.05, 4.69) is 0 Å². The predicted molar refractivity (Wildman–Crippen MR) is 67.4 cm³/mol. The van der Waals surface area contributed by atoms with Gasteiger partial charge in [-0.1, -0.05) is 30.3 Å². The van der Waals surface area contributed by atoms with Crippen LogP contribution in [0.15, 0.2) is 41.2 Å². The number of hydrogen-bond donors (Lipinski definition) is 1. The Bertz CT molecular complexity index is 667. The minimum atomic E-state index is -0.459. The first-order chi connectivity index (χ1) is 8.63. The van der Waals surface area contributed by atoms with Crippen LogP contribution in [0.5, 0.6) is 5.88 Å². The Kier molecular flexibility index (Phi) is 3.16. The number of nitriles is 1. The maximum absolute atomic E-state index is 12.0. The van der Waals surface area contributed by atoms with Crippen LogP contribution in [0.4, 0.5) is 0 Å². The molecule has 2 aromatic rings. The monoisotopic (exact) mass is 240 g/mol. The molecule has 1 aromatic heterocycles. The molecule has 4 nitrogen and oxygen atoms in total. The molecular weight excluding hydrogens is 228 g/mol.